The summed E-state index contributed by atoms with van der Waals surface area (Å²) in [5.41, 5.74) is 0. The number of unbranched alkanes of at least 4 members (excludes halogenated alkanes) is 26. The monoisotopic (exact) mass is 867 g/mol. The van der Waals surface area contributed by atoms with E-state index in [4.69, 9.17) is 14.2 Å². The van der Waals surface area contributed by atoms with Crippen molar-refractivity contribution in [2.75, 3.05) is 13.2 Å². The van der Waals surface area contributed by atoms with E-state index in [-0.39, 0.29) is 31.1 Å². The summed E-state index contributed by atoms with van der Waals surface area (Å²) in [4.78, 5) is 38.0. The van der Waals surface area contributed by atoms with Gasteiger partial charge in [0.25, 0.3) is 0 Å². The van der Waals surface area contributed by atoms with Gasteiger partial charge in [-0.05, 0) is 103 Å². The molecular weight excluding hydrogens is 769 g/mol. The zero-order valence-electron chi connectivity index (χ0n) is 40.9. The summed E-state index contributed by atoms with van der Waals surface area (Å²) in [6.45, 7) is 6.49. The molecule has 0 aliphatic carbocycles. The first-order valence-corrected chi connectivity index (χ1v) is 26.3. The number of esters is 3. The van der Waals surface area contributed by atoms with Gasteiger partial charge in [0.05, 0.1) is 0 Å². The number of hydrogen-bond acceptors (Lipinski definition) is 6. The molecular formula is C56H98O6. The minimum absolute atomic E-state index is 0.0871. The number of ether oxygens (including phenoxy) is 3. The number of carbonyl (C=O) groups excluding carboxylic acids is 3. The van der Waals surface area contributed by atoms with Crippen LogP contribution in [-0.2, 0) is 28.6 Å². The van der Waals surface area contributed by atoms with Crippen LogP contribution in [0, 0.1) is 0 Å². The Balaban J connectivity index is 4.43. The maximum absolute atomic E-state index is 12.8. The number of rotatable bonds is 47. The lowest BCUT2D eigenvalue weighted by Gasteiger charge is -2.18. The molecule has 1 atom stereocenters. The maximum Gasteiger partial charge on any atom is 0.306 e. The molecule has 0 bridgehead atoms. The van der Waals surface area contributed by atoms with Gasteiger partial charge in [0.1, 0.15) is 13.2 Å². The van der Waals surface area contributed by atoms with Crippen LogP contribution in [0.25, 0.3) is 0 Å². The summed E-state index contributed by atoms with van der Waals surface area (Å²) in [5, 5.41) is 0. The van der Waals surface area contributed by atoms with Crippen molar-refractivity contribution in [2.45, 2.75) is 264 Å². The molecule has 0 saturated carbocycles. The first-order chi connectivity index (χ1) is 30.5. The summed E-state index contributed by atoms with van der Waals surface area (Å²) in [5.74, 6) is -0.916. The number of hydrogen-bond donors (Lipinski definition) is 0. The molecule has 358 valence electrons. The van der Waals surface area contributed by atoms with Crippen molar-refractivity contribution in [1.29, 1.82) is 0 Å². The van der Waals surface area contributed by atoms with E-state index in [1.165, 1.54) is 103 Å². The van der Waals surface area contributed by atoms with Crippen LogP contribution in [0.5, 0.6) is 0 Å². The highest BCUT2D eigenvalue weighted by atomic mass is 16.6. The van der Waals surface area contributed by atoms with Crippen LogP contribution in [0.2, 0.25) is 0 Å². The molecule has 0 amide bonds. The highest BCUT2D eigenvalue weighted by molar-refractivity contribution is 5.71. The Hall–Kier alpha value is -2.89. The first-order valence-electron chi connectivity index (χ1n) is 26.3. The third-order valence-corrected chi connectivity index (χ3v) is 11.2. The van der Waals surface area contributed by atoms with Crippen molar-refractivity contribution in [3.63, 3.8) is 0 Å². The fourth-order valence-electron chi connectivity index (χ4n) is 7.27. The van der Waals surface area contributed by atoms with Crippen LogP contribution in [-0.4, -0.2) is 37.2 Å². The Kier molecular flexibility index (Phi) is 48.4. The third-order valence-electron chi connectivity index (χ3n) is 11.2. The average molecular weight is 867 g/mol. The maximum atomic E-state index is 12.8. The lowest BCUT2D eigenvalue weighted by atomic mass is 10.1. The molecule has 6 heteroatoms. The van der Waals surface area contributed by atoms with Crippen molar-refractivity contribution in [3.8, 4) is 0 Å². The molecule has 0 N–H and O–H groups in total. The van der Waals surface area contributed by atoms with Gasteiger partial charge in [0.2, 0.25) is 0 Å². The molecule has 0 rings (SSSR count). The van der Waals surface area contributed by atoms with E-state index in [0.29, 0.717) is 19.3 Å². The highest BCUT2D eigenvalue weighted by Crippen LogP contribution is 2.14. The normalized spacial score (nSPS) is 12.5. The Labute approximate surface area is 383 Å². The van der Waals surface area contributed by atoms with Gasteiger partial charge in [-0.25, -0.2) is 0 Å². The molecule has 0 aliphatic heterocycles. The van der Waals surface area contributed by atoms with E-state index in [9.17, 15) is 14.4 Å². The van der Waals surface area contributed by atoms with Crippen LogP contribution in [0.1, 0.15) is 258 Å². The van der Waals surface area contributed by atoms with Gasteiger partial charge in [-0.15, -0.1) is 0 Å². The summed E-state index contributed by atoms with van der Waals surface area (Å²) < 4.78 is 16.8. The van der Waals surface area contributed by atoms with Gasteiger partial charge < -0.3 is 14.2 Å². The fourth-order valence-corrected chi connectivity index (χ4v) is 7.27. The summed E-state index contributed by atoms with van der Waals surface area (Å²) in [6.07, 6.45) is 62.0. The lowest BCUT2D eigenvalue weighted by molar-refractivity contribution is -0.167. The molecule has 1 unspecified atom stereocenters. The molecule has 0 spiro atoms. The summed E-state index contributed by atoms with van der Waals surface area (Å²) in [6, 6.07) is 0. The third kappa shape index (κ3) is 48.1. The van der Waals surface area contributed by atoms with E-state index in [1.807, 2.05) is 0 Å². The number of carbonyl (C=O) groups is 3. The zero-order chi connectivity index (χ0) is 45.1. The zero-order valence-corrected chi connectivity index (χ0v) is 40.9. The molecule has 0 aromatic rings. The summed E-state index contributed by atoms with van der Waals surface area (Å²) in [7, 11) is 0. The Morgan fingerprint density at radius 2 is 0.629 bits per heavy atom. The summed E-state index contributed by atoms with van der Waals surface area (Å²) >= 11 is 0. The van der Waals surface area contributed by atoms with Crippen LogP contribution in [0.3, 0.4) is 0 Å². The molecule has 0 radical (unpaired) electrons. The Morgan fingerprint density at radius 1 is 0.339 bits per heavy atom. The minimum atomic E-state index is -0.788. The van der Waals surface area contributed by atoms with Crippen molar-refractivity contribution in [3.05, 3.63) is 60.8 Å². The van der Waals surface area contributed by atoms with Gasteiger partial charge in [-0.1, -0.05) is 197 Å². The average Bonchev–Trinajstić information content (AvgIpc) is 3.27. The van der Waals surface area contributed by atoms with Crippen LogP contribution in [0.15, 0.2) is 60.8 Å². The van der Waals surface area contributed by atoms with Gasteiger partial charge in [-0.3, -0.25) is 14.4 Å². The van der Waals surface area contributed by atoms with E-state index in [2.05, 4.69) is 81.5 Å². The predicted octanol–water partition coefficient (Wildman–Crippen LogP) is 17.3. The van der Waals surface area contributed by atoms with Crippen molar-refractivity contribution >= 4 is 17.9 Å². The van der Waals surface area contributed by atoms with E-state index in [0.717, 1.165) is 116 Å². The second kappa shape index (κ2) is 50.8. The number of allylic oxidation sites excluding steroid dienone is 10. The Bertz CT molecular complexity index is 1130. The van der Waals surface area contributed by atoms with E-state index < -0.39 is 6.10 Å². The van der Waals surface area contributed by atoms with Gasteiger partial charge >= 0.3 is 17.9 Å². The van der Waals surface area contributed by atoms with Gasteiger partial charge in [-0.2, -0.15) is 0 Å². The SMILES string of the molecule is CC/C=C\C/C=C\C/C=C\CCCCCCCC(=O)OCC(COC(=O)CCCCCCC/C=C\CCCCCCC)OC(=O)CCCCCCC/C=C\CCCCCCCC. The van der Waals surface area contributed by atoms with Crippen LogP contribution in [0.4, 0.5) is 0 Å². The largest absolute Gasteiger partial charge is 0.462 e. The van der Waals surface area contributed by atoms with E-state index in [1.54, 1.807) is 0 Å². The molecule has 0 aromatic carbocycles. The van der Waals surface area contributed by atoms with Crippen molar-refractivity contribution in [1.82, 2.24) is 0 Å². The molecule has 0 saturated heterocycles. The molecule has 0 heterocycles. The predicted molar refractivity (Wildman–Crippen MR) is 265 cm³/mol. The topological polar surface area (TPSA) is 78.9 Å². The van der Waals surface area contributed by atoms with Crippen LogP contribution < -0.4 is 0 Å². The Morgan fingerprint density at radius 3 is 1.00 bits per heavy atom. The fraction of sp³-hybridized carbons (Fsp3) is 0.768. The molecule has 0 aromatic heterocycles. The van der Waals surface area contributed by atoms with E-state index >= 15 is 0 Å². The van der Waals surface area contributed by atoms with Gasteiger partial charge in [0.15, 0.2) is 6.10 Å². The smallest absolute Gasteiger partial charge is 0.306 e. The lowest BCUT2D eigenvalue weighted by Crippen LogP contribution is -2.30. The quantitative estimate of drug-likeness (QED) is 0.0262. The molecule has 0 aliphatic rings. The first kappa shape index (κ1) is 59.1. The molecule has 0 fully saturated rings. The van der Waals surface area contributed by atoms with Crippen LogP contribution >= 0.6 is 0 Å². The molecule has 62 heavy (non-hydrogen) atoms. The van der Waals surface area contributed by atoms with Gasteiger partial charge in [0, 0.05) is 19.3 Å². The second-order valence-electron chi connectivity index (χ2n) is 17.4. The second-order valence-corrected chi connectivity index (χ2v) is 17.4. The standard InChI is InChI=1S/C56H98O6/c1-4-7-10-13-16-19-22-25-28-31-34-37-40-43-46-49-55(58)61-52-53(51-60-54(57)48-45-42-39-36-33-30-27-24-21-18-15-12-9-6-3)62-56(59)50-47-44-41-38-35-32-29-26-23-20-17-14-11-8-5-2/h7,10,16,19,24-29,53H,4-6,8-9,11-15,17-18,20-23,30-52H2,1-3H3/b10-7-,19-16-,27-24-,28-25-,29-26-. The van der Waals surface area contributed by atoms with Crippen molar-refractivity contribution < 1.29 is 28.6 Å². The highest BCUT2D eigenvalue weighted by Gasteiger charge is 2.19. The van der Waals surface area contributed by atoms with Crippen molar-refractivity contribution in [2.24, 2.45) is 0 Å². The minimum Gasteiger partial charge on any atom is -0.462 e. The molecule has 6 nitrogen and oxygen atoms in total.